The van der Waals surface area contributed by atoms with Gasteiger partial charge in [-0.05, 0) is 68.7 Å². The van der Waals surface area contributed by atoms with E-state index >= 15 is 0 Å². The van der Waals surface area contributed by atoms with Crippen LogP contribution in [0.15, 0.2) is 53.3 Å². The van der Waals surface area contributed by atoms with Crippen LogP contribution in [0.5, 0.6) is 0 Å². The first kappa shape index (κ1) is 22.0. The number of benzene rings is 2. The zero-order valence-electron chi connectivity index (χ0n) is 18.3. The van der Waals surface area contributed by atoms with Crippen molar-refractivity contribution >= 4 is 23.2 Å². The second-order valence-electron chi connectivity index (χ2n) is 7.68. The molecule has 2 amide bonds. The Kier molecular flexibility index (Phi) is 6.34. The van der Waals surface area contributed by atoms with Crippen molar-refractivity contribution < 1.29 is 9.59 Å². The lowest BCUT2D eigenvalue weighted by Gasteiger charge is -2.16. The number of carbonyl (C=O) groups is 2. The fourth-order valence-corrected chi connectivity index (χ4v) is 3.14. The number of hydrogen-bond acceptors (Lipinski definition) is 4. The van der Waals surface area contributed by atoms with Gasteiger partial charge < -0.3 is 10.6 Å². The summed E-state index contributed by atoms with van der Waals surface area (Å²) in [6.45, 7) is 8.94. The molecule has 3 aromatic rings. The molecule has 31 heavy (non-hydrogen) atoms. The highest BCUT2D eigenvalue weighted by atomic mass is 16.2. The molecular formula is C24H26N4O3. The van der Waals surface area contributed by atoms with E-state index in [0.29, 0.717) is 17.1 Å². The van der Waals surface area contributed by atoms with Crippen LogP contribution in [-0.4, -0.2) is 21.6 Å². The van der Waals surface area contributed by atoms with E-state index in [1.807, 2.05) is 51.1 Å². The molecule has 0 fully saturated rings. The van der Waals surface area contributed by atoms with Crippen LogP contribution in [0, 0.1) is 20.8 Å². The number of aryl methyl sites for hydroxylation is 3. The standard InChI is InChI=1S/C24H26N4O3/c1-14-7-9-20(12-16(14)3)26-24(31)17(4)28-23(30)11-10-21(27-28)19-8-6-15(2)22(13-19)25-18(5)29/h6-13,17H,1-5H3,(H,25,29)(H,26,31)/t17-/m0/s1. The van der Waals surface area contributed by atoms with Crippen molar-refractivity contribution in [3.8, 4) is 11.3 Å². The van der Waals surface area contributed by atoms with Gasteiger partial charge >= 0.3 is 0 Å². The van der Waals surface area contributed by atoms with Crippen molar-refractivity contribution in [2.45, 2.75) is 40.7 Å². The summed E-state index contributed by atoms with van der Waals surface area (Å²) in [4.78, 5) is 36.6. The maximum absolute atomic E-state index is 12.8. The summed E-state index contributed by atoms with van der Waals surface area (Å²) in [5.74, 6) is -0.507. The number of nitrogens with one attached hydrogen (secondary N) is 2. The van der Waals surface area contributed by atoms with Crippen molar-refractivity contribution in [3.05, 3.63) is 75.6 Å². The Morgan fingerprint density at radius 2 is 1.61 bits per heavy atom. The first-order chi connectivity index (χ1) is 14.7. The highest BCUT2D eigenvalue weighted by Gasteiger charge is 2.19. The van der Waals surface area contributed by atoms with E-state index in [2.05, 4.69) is 15.7 Å². The quantitative estimate of drug-likeness (QED) is 0.655. The third kappa shape index (κ3) is 5.06. The molecule has 0 radical (unpaired) electrons. The van der Waals surface area contributed by atoms with Crippen LogP contribution in [0.1, 0.15) is 36.6 Å². The van der Waals surface area contributed by atoms with E-state index in [1.54, 1.807) is 19.1 Å². The van der Waals surface area contributed by atoms with Crippen LogP contribution >= 0.6 is 0 Å². The van der Waals surface area contributed by atoms with Gasteiger partial charge in [-0.2, -0.15) is 5.10 Å². The molecule has 0 saturated carbocycles. The van der Waals surface area contributed by atoms with Gasteiger partial charge in [-0.1, -0.05) is 18.2 Å². The van der Waals surface area contributed by atoms with E-state index in [4.69, 9.17) is 0 Å². The van der Waals surface area contributed by atoms with E-state index in [0.717, 1.165) is 22.3 Å². The Hall–Kier alpha value is -3.74. The summed E-state index contributed by atoms with van der Waals surface area (Å²) in [5.41, 5.74) is 5.33. The van der Waals surface area contributed by atoms with Crippen LogP contribution < -0.4 is 16.2 Å². The average molecular weight is 418 g/mol. The van der Waals surface area contributed by atoms with Gasteiger partial charge in [-0.25, -0.2) is 4.68 Å². The van der Waals surface area contributed by atoms with Gasteiger partial charge in [-0.3, -0.25) is 14.4 Å². The van der Waals surface area contributed by atoms with Crippen LogP contribution in [0.2, 0.25) is 0 Å². The maximum Gasteiger partial charge on any atom is 0.267 e. The lowest BCUT2D eigenvalue weighted by Crippen LogP contribution is -2.33. The first-order valence-corrected chi connectivity index (χ1v) is 10.0. The fourth-order valence-electron chi connectivity index (χ4n) is 3.14. The molecule has 0 bridgehead atoms. The van der Waals surface area contributed by atoms with Gasteiger partial charge in [0.1, 0.15) is 6.04 Å². The molecule has 0 spiro atoms. The van der Waals surface area contributed by atoms with E-state index < -0.39 is 6.04 Å². The van der Waals surface area contributed by atoms with Crippen molar-refractivity contribution in [1.82, 2.24) is 9.78 Å². The summed E-state index contributed by atoms with van der Waals surface area (Å²) < 4.78 is 1.17. The molecule has 3 rings (SSSR count). The van der Waals surface area contributed by atoms with Crippen LogP contribution in [0.4, 0.5) is 11.4 Å². The molecule has 0 aliphatic carbocycles. The summed E-state index contributed by atoms with van der Waals surface area (Å²) in [5, 5.41) is 10.1. The first-order valence-electron chi connectivity index (χ1n) is 10.0. The highest BCUT2D eigenvalue weighted by Crippen LogP contribution is 2.24. The van der Waals surface area contributed by atoms with Gasteiger partial charge in [0.2, 0.25) is 11.8 Å². The third-order valence-electron chi connectivity index (χ3n) is 5.19. The minimum atomic E-state index is -0.811. The number of anilines is 2. The zero-order valence-corrected chi connectivity index (χ0v) is 18.3. The smallest absolute Gasteiger partial charge is 0.267 e. The number of rotatable bonds is 5. The second-order valence-corrected chi connectivity index (χ2v) is 7.68. The van der Waals surface area contributed by atoms with Crippen LogP contribution in [0.3, 0.4) is 0 Å². The normalized spacial score (nSPS) is 11.6. The van der Waals surface area contributed by atoms with Crippen molar-refractivity contribution in [3.63, 3.8) is 0 Å². The molecule has 1 aromatic heterocycles. The monoisotopic (exact) mass is 418 g/mol. The fraction of sp³-hybridized carbons (Fsp3) is 0.250. The predicted octanol–water partition coefficient (Wildman–Crippen LogP) is 3.99. The Morgan fingerprint density at radius 1 is 0.903 bits per heavy atom. The van der Waals surface area contributed by atoms with Crippen molar-refractivity contribution in [2.75, 3.05) is 10.6 Å². The minimum absolute atomic E-state index is 0.171. The third-order valence-corrected chi connectivity index (χ3v) is 5.19. The molecular weight excluding hydrogens is 392 g/mol. The number of amides is 2. The van der Waals surface area contributed by atoms with Gasteiger partial charge in [0, 0.05) is 29.9 Å². The predicted molar refractivity (Wildman–Crippen MR) is 122 cm³/mol. The SMILES string of the molecule is CC(=O)Nc1cc(-c2ccc(=O)n([C@@H](C)C(=O)Nc3ccc(C)c(C)c3)n2)ccc1C. The Balaban J connectivity index is 1.90. The summed E-state index contributed by atoms with van der Waals surface area (Å²) in [6.07, 6.45) is 0. The Labute approximate surface area is 181 Å². The number of aromatic nitrogens is 2. The number of hydrogen-bond donors (Lipinski definition) is 2. The number of carbonyl (C=O) groups excluding carboxylic acids is 2. The molecule has 1 atom stereocenters. The summed E-state index contributed by atoms with van der Waals surface area (Å²) >= 11 is 0. The van der Waals surface area contributed by atoms with Crippen LogP contribution in [0.25, 0.3) is 11.3 Å². The average Bonchev–Trinajstić information content (AvgIpc) is 2.72. The van der Waals surface area contributed by atoms with Crippen LogP contribution in [-0.2, 0) is 9.59 Å². The van der Waals surface area contributed by atoms with Gasteiger partial charge in [0.05, 0.1) is 5.69 Å². The number of nitrogens with zero attached hydrogens (tertiary/aromatic N) is 2. The topological polar surface area (TPSA) is 93.1 Å². The lowest BCUT2D eigenvalue weighted by atomic mass is 10.1. The Bertz CT molecular complexity index is 1210. The second kappa shape index (κ2) is 8.95. The summed E-state index contributed by atoms with van der Waals surface area (Å²) in [7, 11) is 0. The van der Waals surface area contributed by atoms with E-state index in [-0.39, 0.29) is 17.4 Å². The van der Waals surface area contributed by atoms with Gasteiger partial charge in [-0.15, -0.1) is 0 Å². The van der Waals surface area contributed by atoms with Gasteiger partial charge in [0.15, 0.2) is 0 Å². The molecule has 0 unspecified atom stereocenters. The molecule has 2 N–H and O–H groups in total. The van der Waals surface area contributed by atoms with Gasteiger partial charge in [0.25, 0.3) is 5.56 Å². The molecule has 0 saturated heterocycles. The lowest BCUT2D eigenvalue weighted by molar-refractivity contribution is -0.119. The highest BCUT2D eigenvalue weighted by molar-refractivity contribution is 5.93. The van der Waals surface area contributed by atoms with Crippen molar-refractivity contribution in [1.29, 1.82) is 0 Å². The molecule has 160 valence electrons. The van der Waals surface area contributed by atoms with E-state index in [1.165, 1.54) is 17.7 Å². The molecule has 0 aliphatic heterocycles. The molecule has 7 heteroatoms. The molecule has 7 nitrogen and oxygen atoms in total. The zero-order chi connectivity index (χ0) is 22.7. The summed E-state index contributed by atoms with van der Waals surface area (Å²) in [6, 6.07) is 13.4. The largest absolute Gasteiger partial charge is 0.326 e. The van der Waals surface area contributed by atoms with E-state index in [9.17, 15) is 14.4 Å². The Morgan fingerprint density at radius 3 is 2.29 bits per heavy atom. The maximum atomic E-state index is 12.8. The molecule has 1 heterocycles. The minimum Gasteiger partial charge on any atom is -0.326 e. The van der Waals surface area contributed by atoms with Crippen molar-refractivity contribution in [2.24, 2.45) is 0 Å². The molecule has 0 aliphatic rings. The molecule has 2 aromatic carbocycles.